The van der Waals surface area contributed by atoms with Gasteiger partial charge in [-0.3, -0.25) is 0 Å². The van der Waals surface area contributed by atoms with Crippen LogP contribution in [0.5, 0.6) is 5.75 Å². The molecule has 158 valence electrons. The predicted molar refractivity (Wildman–Crippen MR) is 130 cm³/mol. The second-order valence-electron chi connectivity index (χ2n) is 7.99. The van der Waals surface area contributed by atoms with Crippen LogP contribution in [0.1, 0.15) is 0 Å². The third-order valence-corrected chi connectivity index (χ3v) is 6.18. The molecule has 1 aliphatic heterocycles. The molecule has 5 nitrogen and oxygen atoms in total. The highest BCUT2D eigenvalue weighted by Gasteiger charge is 2.15. The highest BCUT2D eigenvalue weighted by molar-refractivity contribution is 6.31. The zero-order valence-corrected chi connectivity index (χ0v) is 18.5. The summed E-state index contributed by atoms with van der Waals surface area (Å²) in [6, 6.07) is 20.4. The lowest BCUT2D eigenvalue weighted by atomic mass is 10.1. The average Bonchev–Trinajstić information content (AvgIpc) is 2.79. The Kier molecular flexibility index (Phi) is 5.30. The van der Waals surface area contributed by atoms with Crippen molar-refractivity contribution in [1.29, 1.82) is 0 Å². The zero-order valence-electron chi connectivity index (χ0n) is 17.7. The van der Waals surface area contributed by atoms with Crippen molar-refractivity contribution in [1.82, 2.24) is 9.88 Å². The number of benzene rings is 3. The van der Waals surface area contributed by atoms with Gasteiger partial charge < -0.3 is 19.9 Å². The van der Waals surface area contributed by atoms with E-state index in [0.29, 0.717) is 5.02 Å². The summed E-state index contributed by atoms with van der Waals surface area (Å²) in [6.45, 7) is 4.31. The molecule has 31 heavy (non-hydrogen) atoms. The molecule has 5 rings (SSSR count). The molecular formula is C25H25ClN4O. The van der Waals surface area contributed by atoms with Crippen LogP contribution in [-0.4, -0.2) is 50.2 Å². The normalized spacial score (nSPS) is 14.9. The molecule has 0 unspecified atom stereocenters. The highest BCUT2D eigenvalue weighted by atomic mass is 35.5. The van der Waals surface area contributed by atoms with Crippen LogP contribution in [0, 0.1) is 0 Å². The van der Waals surface area contributed by atoms with Crippen molar-refractivity contribution < 1.29 is 4.74 Å². The lowest BCUT2D eigenvalue weighted by Gasteiger charge is -2.34. The Morgan fingerprint density at radius 3 is 2.39 bits per heavy atom. The molecule has 0 amide bonds. The third kappa shape index (κ3) is 3.99. The van der Waals surface area contributed by atoms with Gasteiger partial charge in [-0.2, -0.15) is 0 Å². The topological polar surface area (TPSA) is 40.6 Å². The first-order valence-corrected chi connectivity index (χ1v) is 10.9. The minimum absolute atomic E-state index is 0.676. The maximum atomic E-state index is 6.24. The largest absolute Gasteiger partial charge is 0.497 e. The van der Waals surface area contributed by atoms with Crippen LogP contribution in [-0.2, 0) is 0 Å². The molecule has 3 aromatic carbocycles. The monoisotopic (exact) mass is 432 g/mol. The van der Waals surface area contributed by atoms with E-state index < -0.39 is 0 Å². The number of methoxy groups -OCH3 is 1. The summed E-state index contributed by atoms with van der Waals surface area (Å²) >= 11 is 6.24. The van der Waals surface area contributed by atoms with Gasteiger partial charge in [-0.15, -0.1) is 0 Å². The van der Waals surface area contributed by atoms with E-state index in [-0.39, 0.29) is 0 Å². The molecule has 6 heteroatoms. The van der Waals surface area contributed by atoms with E-state index in [2.05, 4.69) is 46.4 Å². The smallest absolute Gasteiger partial charge is 0.119 e. The van der Waals surface area contributed by atoms with Gasteiger partial charge in [0.15, 0.2) is 0 Å². The molecule has 0 atom stereocenters. The molecule has 0 spiro atoms. The summed E-state index contributed by atoms with van der Waals surface area (Å²) in [7, 11) is 3.86. The molecule has 1 fully saturated rings. The summed E-state index contributed by atoms with van der Waals surface area (Å²) in [5, 5.41) is 6.34. The van der Waals surface area contributed by atoms with Crippen molar-refractivity contribution in [3.63, 3.8) is 0 Å². The molecule has 1 aromatic heterocycles. The van der Waals surface area contributed by atoms with Gasteiger partial charge in [0.2, 0.25) is 0 Å². The number of hydrogen-bond acceptors (Lipinski definition) is 5. The summed E-state index contributed by atoms with van der Waals surface area (Å²) in [5.41, 5.74) is 5.05. The number of piperazine rings is 1. The van der Waals surface area contributed by atoms with Crippen molar-refractivity contribution in [2.45, 2.75) is 0 Å². The summed E-state index contributed by atoms with van der Waals surface area (Å²) in [4.78, 5) is 9.61. The Morgan fingerprint density at radius 2 is 1.65 bits per heavy atom. The van der Waals surface area contributed by atoms with Gasteiger partial charge >= 0.3 is 0 Å². The first kappa shape index (κ1) is 19.9. The Morgan fingerprint density at radius 1 is 0.871 bits per heavy atom. The van der Waals surface area contributed by atoms with Crippen molar-refractivity contribution in [2.75, 3.05) is 50.6 Å². The van der Waals surface area contributed by atoms with Crippen LogP contribution >= 0.6 is 11.6 Å². The Hall–Kier alpha value is -3.02. The van der Waals surface area contributed by atoms with E-state index in [1.807, 2.05) is 36.4 Å². The Labute approximate surface area is 187 Å². The van der Waals surface area contributed by atoms with Gasteiger partial charge in [-0.05, 0) is 67.7 Å². The number of hydrogen-bond donors (Lipinski definition) is 1. The number of nitrogens with zero attached hydrogens (tertiary/aromatic N) is 3. The molecular weight excluding hydrogens is 408 g/mol. The van der Waals surface area contributed by atoms with Crippen molar-refractivity contribution in [3.05, 3.63) is 65.7 Å². The first-order chi connectivity index (χ1) is 15.1. The maximum absolute atomic E-state index is 6.24. The zero-order chi connectivity index (χ0) is 21.4. The number of likely N-dealkylation sites (N-methyl/N-ethyl adjacent to an activating group) is 1. The number of fused-ring (bicyclic) bond motifs is 2. The fourth-order valence-electron chi connectivity index (χ4n) is 4.12. The SMILES string of the molecule is COc1ccc2nc3cc(Cl)ccc3c(Nc3ccc(N4CCN(C)CC4)cc3)c2c1. The Balaban J connectivity index is 1.54. The quantitative estimate of drug-likeness (QED) is 0.428. The number of aromatic nitrogens is 1. The van der Waals surface area contributed by atoms with Gasteiger partial charge in [0.05, 0.1) is 23.8 Å². The van der Waals surface area contributed by atoms with E-state index in [1.54, 1.807) is 7.11 Å². The summed E-state index contributed by atoms with van der Waals surface area (Å²) < 4.78 is 5.46. The van der Waals surface area contributed by atoms with Crippen molar-refractivity contribution >= 4 is 50.5 Å². The van der Waals surface area contributed by atoms with Crippen molar-refractivity contribution in [2.24, 2.45) is 0 Å². The fraction of sp³-hybridized carbons (Fsp3) is 0.240. The number of ether oxygens (including phenoxy) is 1. The number of anilines is 3. The molecule has 1 saturated heterocycles. The van der Waals surface area contributed by atoms with E-state index in [1.165, 1.54) is 5.69 Å². The molecule has 0 aliphatic carbocycles. The molecule has 1 N–H and O–H groups in total. The van der Waals surface area contributed by atoms with Crippen LogP contribution in [0.4, 0.5) is 17.1 Å². The van der Waals surface area contributed by atoms with Gasteiger partial charge in [-0.1, -0.05) is 11.6 Å². The summed E-state index contributed by atoms with van der Waals surface area (Å²) in [6.07, 6.45) is 0. The number of halogens is 1. The van der Waals surface area contributed by atoms with Crippen LogP contribution in [0.25, 0.3) is 21.8 Å². The van der Waals surface area contributed by atoms with Gasteiger partial charge in [-0.25, -0.2) is 4.98 Å². The minimum Gasteiger partial charge on any atom is -0.497 e. The van der Waals surface area contributed by atoms with E-state index in [0.717, 1.165) is 65.1 Å². The molecule has 2 heterocycles. The second-order valence-corrected chi connectivity index (χ2v) is 8.43. The van der Waals surface area contributed by atoms with Crippen LogP contribution < -0.4 is 15.0 Å². The molecule has 0 radical (unpaired) electrons. The standard InChI is InChI=1S/C25H25ClN4O/c1-29-11-13-30(14-12-29)19-6-4-18(5-7-19)27-25-21-9-3-17(26)15-24(21)28-23-10-8-20(31-2)16-22(23)25/h3-10,15-16H,11-14H2,1-2H3,(H,27,28). The molecule has 0 saturated carbocycles. The van der Waals surface area contributed by atoms with Gasteiger partial charge in [0.1, 0.15) is 5.75 Å². The second kappa shape index (κ2) is 8.25. The maximum Gasteiger partial charge on any atom is 0.119 e. The Bertz CT molecular complexity index is 1230. The average molecular weight is 433 g/mol. The summed E-state index contributed by atoms with van der Waals surface area (Å²) in [5.74, 6) is 0.802. The van der Waals surface area contributed by atoms with Crippen LogP contribution in [0.15, 0.2) is 60.7 Å². The van der Waals surface area contributed by atoms with E-state index in [4.69, 9.17) is 21.3 Å². The highest BCUT2D eigenvalue weighted by Crippen LogP contribution is 2.36. The number of rotatable bonds is 4. The number of nitrogens with one attached hydrogen (secondary N) is 1. The first-order valence-electron chi connectivity index (χ1n) is 10.5. The van der Waals surface area contributed by atoms with Crippen molar-refractivity contribution in [3.8, 4) is 5.75 Å². The van der Waals surface area contributed by atoms with Crippen LogP contribution in [0.3, 0.4) is 0 Å². The molecule has 0 bridgehead atoms. The van der Waals surface area contributed by atoms with E-state index >= 15 is 0 Å². The minimum atomic E-state index is 0.676. The van der Waals surface area contributed by atoms with E-state index in [9.17, 15) is 0 Å². The lowest BCUT2D eigenvalue weighted by molar-refractivity contribution is 0.313. The fourth-order valence-corrected chi connectivity index (χ4v) is 4.29. The van der Waals surface area contributed by atoms with Gasteiger partial charge in [0, 0.05) is 53.3 Å². The lowest BCUT2D eigenvalue weighted by Crippen LogP contribution is -2.44. The van der Waals surface area contributed by atoms with Crippen LogP contribution in [0.2, 0.25) is 5.02 Å². The number of pyridine rings is 1. The predicted octanol–water partition coefficient (Wildman–Crippen LogP) is 5.55. The van der Waals surface area contributed by atoms with Gasteiger partial charge in [0.25, 0.3) is 0 Å². The molecule has 1 aliphatic rings. The molecule has 4 aromatic rings. The third-order valence-electron chi connectivity index (χ3n) is 5.95.